The summed E-state index contributed by atoms with van der Waals surface area (Å²) in [7, 11) is 0. The molecule has 124 valence electrons. The van der Waals surface area contributed by atoms with E-state index in [1.165, 1.54) is 6.07 Å². The van der Waals surface area contributed by atoms with Crippen molar-refractivity contribution in [2.75, 3.05) is 19.6 Å². The number of aryl methyl sites for hydroxylation is 1. The maximum atomic E-state index is 14.1. The molecule has 2 atom stereocenters. The normalized spacial score (nSPS) is 24.0. The molecule has 0 saturated carbocycles. The minimum atomic E-state index is -0.483. The number of carbonyl (C=O) groups is 2. The summed E-state index contributed by atoms with van der Waals surface area (Å²) in [5.74, 6) is -0.769. The molecule has 5 heteroatoms. The third kappa shape index (κ3) is 2.96. The zero-order valence-electron chi connectivity index (χ0n) is 13.7. The second-order valence-corrected chi connectivity index (χ2v) is 6.65. The van der Waals surface area contributed by atoms with Gasteiger partial charge in [-0.25, -0.2) is 4.39 Å². The first-order valence-electron chi connectivity index (χ1n) is 8.37. The summed E-state index contributed by atoms with van der Waals surface area (Å²) in [5, 5.41) is 0. The molecule has 3 saturated heterocycles. The van der Waals surface area contributed by atoms with Gasteiger partial charge >= 0.3 is 0 Å². The van der Waals surface area contributed by atoms with Crippen molar-refractivity contribution >= 4 is 11.8 Å². The summed E-state index contributed by atoms with van der Waals surface area (Å²) < 4.78 is 14.1. The average Bonchev–Trinajstić information content (AvgIpc) is 2.80. The highest BCUT2D eigenvalue weighted by molar-refractivity contribution is 5.95. The highest BCUT2D eigenvalue weighted by Crippen LogP contribution is 2.30. The first-order valence-corrected chi connectivity index (χ1v) is 8.37. The van der Waals surface area contributed by atoms with Crippen LogP contribution in [0.25, 0.3) is 0 Å². The van der Waals surface area contributed by atoms with Gasteiger partial charge in [0.25, 0.3) is 5.91 Å². The van der Waals surface area contributed by atoms with Gasteiger partial charge in [-0.1, -0.05) is 13.0 Å². The third-order valence-electron chi connectivity index (χ3n) is 4.90. The van der Waals surface area contributed by atoms with Gasteiger partial charge in [0.15, 0.2) is 0 Å². The monoisotopic (exact) mass is 318 g/mol. The van der Waals surface area contributed by atoms with Gasteiger partial charge in [-0.3, -0.25) is 9.59 Å². The van der Waals surface area contributed by atoms with Gasteiger partial charge in [0, 0.05) is 25.7 Å². The van der Waals surface area contributed by atoms with Crippen LogP contribution in [0.5, 0.6) is 0 Å². The SMILES string of the molecule is CCCN1C(=O)[C@H]2CC[C@@H]1CN(C(=O)c1ccc(C)cc1F)C2. The molecule has 0 spiro atoms. The van der Waals surface area contributed by atoms with Crippen LogP contribution < -0.4 is 0 Å². The second kappa shape index (κ2) is 6.30. The molecule has 3 aliphatic heterocycles. The van der Waals surface area contributed by atoms with E-state index >= 15 is 0 Å². The quantitative estimate of drug-likeness (QED) is 0.859. The Hall–Kier alpha value is -1.91. The molecule has 1 aromatic carbocycles. The van der Waals surface area contributed by atoms with Gasteiger partial charge in [0.05, 0.1) is 11.5 Å². The van der Waals surface area contributed by atoms with Crippen molar-refractivity contribution in [3.05, 3.63) is 35.1 Å². The van der Waals surface area contributed by atoms with Crippen LogP contribution in [0, 0.1) is 18.7 Å². The lowest BCUT2D eigenvalue weighted by atomic mass is 9.94. The van der Waals surface area contributed by atoms with Crippen molar-refractivity contribution in [3.8, 4) is 0 Å². The standard InChI is InChI=1S/C18H23FN2O2/c1-3-8-21-14-6-5-13(17(21)22)10-20(11-14)18(23)15-7-4-12(2)9-16(15)19/h4,7,9,13-14H,3,5-6,8,10-11H2,1-2H3/t13-,14+/m0/s1. The van der Waals surface area contributed by atoms with E-state index in [1.54, 1.807) is 24.0 Å². The third-order valence-corrected chi connectivity index (χ3v) is 4.90. The van der Waals surface area contributed by atoms with Crippen molar-refractivity contribution in [2.45, 2.75) is 39.2 Å². The van der Waals surface area contributed by atoms with Crippen LogP contribution in [0.4, 0.5) is 4.39 Å². The van der Waals surface area contributed by atoms with Gasteiger partial charge in [-0.2, -0.15) is 0 Å². The maximum absolute atomic E-state index is 14.1. The number of hydrogen-bond acceptors (Lipinski definition) is 2. The molecule has 2 amide bonds. The van der Waals surface area contributed by atoms with Gasteiger partial charge in [-0.15, -0.1) is 0 Å². The molecule has 0 unspecified atom stereocenters. The number of nitrogens with zero attached hydrogens (tertiary/aromatic N) is 2. The Morgan fingerprint density at radius 1 is 1.30 bits per heavy atom. The van der Waals surface area contributed by atoms with Crippen molar-refractivity contribution in [3.63, 3.8) is 0 Å². The molecule has 2 bridgehead atoms. The molecule has 3 fully saturated rings. The molecular weight excluding hydrogens is 295 g/mol. The fraction of sp³-hybridized carbons (Fsp3) is 0.556. The fourth-order valence-electron chi connectivity index (χ4n) is 3.70. The summed E-state index contributed by atoms with van der Waals surface area (Å²) in [6.45, 7) is 5.50. The van der Waals surface area contributed by atoms with Crippen molar-refractivity contribution in [2.24, 2.45) is 5.92 Å². The van der Waals surface area contributed by atoms with E-state index in [0.717, 1.165) is 31.4 Å². The van der Waals surface area contributed by atoms with Crippen molar-refractivity contribution < 1.29 is 14.0 Å². The van der Waals surface area contributed by atoms with Crippen LogP contribution in [0.1, 0.15) is 42.1 Å². The molecule has 4 rings (SSSR count). The molecular formula is C18H23FN2O2. The lowest BCUT2D eigenvalue weighted by Crippen LogP contribution is -2.48. The Labute approximate surface area is 136 Å². The fourth-order valence-corrected chi connectivity index (χ4v) is 3.70. The molecule has 0 aliphatic carbocycles. The number of piperidine rings is 1. The predicted molar refractivity (Wildman–Crippen MR) is 85.6 cm³/mol. The zero-order chi connectivity index (χ0) is 16.6. The maximum Gasteiger partial charge on any atom is 0.256 e. The predicted octanol–water partition coefficient (Wildman–Crippen LogP) is 2.61. The molecule has 0 radical (unpaired) electrons. The number of hydrogen-bond donors (Lipinski definition) is 0. The second-order valence-electron chi connectivity index (χ2n) is 6.65. The molecule has 3 heterocycles. The van der Waals surface area contributed by atoms with Crippen LogP contribution in [0.3, 0.4) is 0 Å². The number of benzene rings is 1. The largest absolute Gasteiger partial charge is 0.338 e. The molecule has 23 heavy (non-hydrogen) atoms. The molecule has 0 N–H and O–H groups in total. The first kappa shape index (κ1) is 16.0. The number of rotatable bonds is 3. The topological polar surface area (TPSA) is 40.6 Å². The summed E-state index contributed by atoms with van der Waals surface area (Å²) in [6, 6.07) is 4.75. The lowest BCUT2D eigenvalue weighted by molar-refractivity contribution is -0.139. The number of amides is 2. The van der Waals surface area contributed by atoms with Crippen LogP contribution in [0.2, 0.25) is 0 Å². The van der Waals surface area contributed by atoms with Crippen molar-refractivity contribution in [1.82, 2.24) is 9.80 Å². The average molecular weight is 318 g/mol. The van der Waals surface area contributed by atoms with Crippen molar-refractivity contribution in [1.29, 1.82) is 0 Å². The van der Waals surface area contributed by atoms with Gasteiger partial charge in [0.1, 0.15) is 5.82 Å². The van der Waals surface area contributed by atoms with E-state index in [9.17, 15) is 14.0 Å². The summed E-state index contributed by atoms with van der Waals surface area (Å²) in [5.41, 5.74) is 0.894. The summed E-state index contributed by atoms with van der Waals surface area (Å²) in [4.78, 5) is 28.9. The first-order chi connectivity index (χ1) is 11.0. The van der Waals surface area contributed by atoms with E-state index in [1.807, 2.05) is 4.90 Å². The van der Waals surface area contributed by atoms with E-state index in [-0.39, 0.29) is 29.3 Å². The van der Waals surface area contributed by atoms with E-state index < -0.39 is 5.82 Å². The Morgan fingerprint density at radius 2 is 2.09 bits per heavy atom. The van der Waals surface area contributed by atoms with Gasteiger partial charge in [0.2, 0.25) is 5.91 Å². The minimum absolute atomic E-state index is 0.0682. The van der Waals surface area contributed by atoms with E-state index in [0.29, 0.717) is 13.1 Å². The zero-order valence-corrected chi connectivity index (χ0v) is 13.7. The summed E-state index contributed by atoms with van der Waals surface area (Å²) >= 11 is 0. The molecule has 1 aromatic rings. The highest BCUT2D eigenvalue weighted by Gasteiger charge is 2.41. The highest BCUT2D eigenvalue weighted by atomic mass is 19.1. The van der Waals surface area contributed by atoms with Gasteiger partial charge < -0.3 is 9.80 Å². The number of carbonyl (C=O) groups excluding carboxylic acids is 2. The minimum Gasteiger partial charge on any atom is -0.338 e. The Morgan fingerprint density at radius 3 is 2.78 bits per heavy atom. The van der Waals surface area contributed by atoms with E-state index in [4.69, 9.17) is 0 Å². The Bertz CT molecular complexity index is 631. The smallest absolute Gasteiger partial charge is 0.256 e. The van der Waals surface area contributed by atoms with E-state index in [2.05, 4.69) is 6.92 Å². The van der Waals surface area contributed by atoms with Crippen LogP contribution in [-0.2, 0) is 4.79 Å². The van der Waals surface area contributed by atoms with Crippen LogP contribution in [0.15, 0.2) is 18.2 Å². The number of fused-ring (bicyclic) bond motifs is 4. The molecule has 0 aromatic heterocycles. The molecule has 4 nitrogen and oxygen atoms in total. The Balaban J connectivity index is 1.84. The van der Waals surface area contributed by atoms with Gasteiger partial charge in [-0.05, 0) is 43.9 Å². The Kier molecular flexibility index (Phi) is 4.37. The lowest BCUT2D eigenvalue weighted by Gasteiger charge is -2.35. The van der Waals surface area contributed by atoms with Crippen LogP contribution >= 0.6 is 0 Å². The molecule has 3 aliphatic rings. The van der Waals surface area contributed by atoms with Crippen LogP contribution in [-0.4, -0.2) is 47.3 Å². The summed E-state index contributed by atoms with van der Waals surface area (Å²) in [6.07, 6.45) is 2.66. The number of halogens is 1.